The zero-order chi connectivity index (χ0) is 25.8. The van der Waals surface area contributed by atoms with Crippen molar-refractivity contribution < 1.29 is 24.8 Å². The van der Waals surface area contributed by atoms with Crippen LogP contribution in [0.2, 0.25) is 0 Å². The lowest BCUT2D eigenvalue weighted by molar-refractivity contribution is -0.109. The quantitative estimate of drug-likeness (QED) is 0.381. The van der Waals surface area contributed by atoms with E-state index in [2.05, 4.69) is 19.1 Å². The summed E-state index contributed by atoms with van der Waals surface area (Å²) in [7, 11) is 1.63. The van der Waals surface area contributed by atoms with E-state index in [0.29, 0.717) is 40.4 Å². The van der Waals surface area contributed by atoms with Gasteiger partial charge in [0.25, 0.3) is 5.79 Å². The fourth-order valence-electron chi connectivity index (χ4n) is 7.62. The number of fused-ring (bicyclic) bond motifs is 5. The molecule has 3 aromatic rings. The van der Waals surface area contributed by atoms with Gasteiger partial charge in [-0.25, -0.2) is 0 Å². The van der Waals surface area contributed by atoms with Crippen molar-refractivity contribution in [3.05, 3.63) is 89.0 Å². The van der Waals surface area contributed by atoms with Crippen LogP contribution in [-0.4, -0.2) is 28.5 Å². The molecule has 2 saturated carbocycles. The summed E-state index contributed by atoms with van der Waals surface area (Å²) >= 11 is 0. The van der Waals surface area contributed by atoms with E-state index in [0.717, 1.165) is 38.5 Å². The SMILES string of the molecule is COc1cc2c(cc1C(O)(Oc1ccccc1)c1ccc(O)cc1)[C@H]1CC[C@]3(C)[C@H](O)CC[C@H]3[C@@H]1CC2. The third-order valence-corrected chi connectivity index (χ3v) is 9.63. The zero-order valence-electron chi connectivity index (χ0n) is 21.6. The third kappa shape index (κ3) is 3.91. The molecule has 5 nitrogen and oxygen atoms in total. The van der Waals surface area contributed by atoms with Crippen LogP contribution < -0.4 is 9.47 Å². The second-order valence-electron chi connectivity index (χ2n) is 11.4. The largest absolute Gasteiger partial charge is 0.508 e. The summed E-state index contributed by atoms with van der Waals surface area (Å²) in [6.45, 7) is 2.29. The van der Waals surface area contributed by atoms with E-state index >= 15 is 0 Å². The minimum absolute atomic E-state index is 0.0111. The number of phenolic OH excluding ortho intramolecular Hbond substituents is 1. The number of ether oxygens (including phenoxy) is 2. The highest BCUT2D eigenvalue weighted by molar-refractivity contribution is 5.52. The Balaban J connectivity index is 1.47. The molecule has 3 aromatic carbocycles. The maximum Gasteiger partial charge on any atom is 0.265 e. The highest BCUT2D eigenvalue weighted by Crippen LogP contribution is 2.61. The predicted molar refractivity (Wildman–Crippen MR) is 142 cm³/mol. The number of benzene rings is 3. The van der Waals surface area contributed by atoms with Crippen LogP contribution in [0.3, 0.4) is 0 Å². The van der Waals surface area contributed by atoms with Gasteiger partial charge in [0.2, 0.25) is 0 Å². The molecule has 3 N–H and O–H groups in total. The van der Waals surface area contributed by atoms with Crippen molar-refractivity contribution in [2.75, 3.05) is 7.11 Å². The van der Waals surface area contributed by atoms with Crippen LogP contribution in [0.15, 0.2) is 66.7 Å². The number of hydrogen-bond acceptors (Lipinski definition) is 5. The van der Waals surface area contributed by atoms with Crippen LogP contribution in [0, 0.1) is 17.3 Å². The van der Waals surface area contributed by atoms with Crippen molar-refractivity contribution >= 4 is 0 Å². The van der Waals surface area contributed by atoms with Gasteiger partial charge in [0, 0.05) is 5.56 Å². The van der Waals surface area contributed by atoms with Crippen LogP contribution in [0.4, 0.5) is 0 Å². The van der Waals surface area contributed by atoms with Gasteiger partial charge in [0.1, 0.15) is 17.2 Å². The number of methoxy groups -OCH3 is 1. The van der Waals surface area contributed by atoms with E-state index in [-0.39, 0.29) is 17.3 Å². The lowest BCUT2D eigenvalue weighted by atomic mass is 9.55. The van der Waals surface area contributed by atoms with E-state index in [4.69, 9.17) is 9.47 Å². The highest BCUT2D eigenvalue weighted by Gasteiger charge is 2.54. The summed E-state index contributed by atoms with van der Waals surface area (Å²) in [6.07, 6.45) is 5.92. The first-order valence-electron chi connectivity index (χ1n) is 13.5. The van der Waals surface area contributed by atoms with Gasteiger partial charge in [-0.3, -0.25) is 0 Å². The first kappa shape index (κ1) is 24.3. The average Bonchev–Trinajstić information content (AvgIpc) is 3.22. The van der Waals surface area contributed by atoms with Gasteiger partial charge < -0.3 is 24.8 Å². The number of aromatic hydroxyl groups is 1. The normalized spacial score (nSPS) is 29.9. The van der Waals surface area contributed by atoms with Crippen molar-refractivity contribution in [2.45, 2.75) is 63.3 Å². The molecule has 0 radical (unpaired) electrons. The standard InChI is InChI=1S/C32H36O5/c1-31-17-16-24-25(27(31)14-15-30(31)34)13-8-20-18-29(36-2)28(19-26(20)24)32(35,21-9-11-22(33)12-10-21)37-23-6-4-3-5-7-23/h3-7,9-12,18-19,24-25,27,30,33-35H,8,13-17H2,1-2H3/t24-,25+,27-,30+,31-,32?/m0/s1. The highest BCUT2D eigenvalue weighted by atomic mass is 16.6. The minimum Gasteiger partial charge on any atom is -0.508 e. The van der Waals surface area contributed by atoms with Gasteiger partial charge in [-0.15, -0.1) is 0 Å². The topological polar surface area (TPSA) is 79.2 Å². The molecule has 6 atom stereocenters. The summed E-state index contributed by atoms with van der Waals surface area (Å²) in [4.78, 5) is 0. The summed E-state index contributed by atoms with van der Waals surface area (Å²) in [5.74, 6) is 0.852. The van der Waals surface area contributed by atoms with Crippen LogP contribution in [0.25, 0.3) is 0 Å². The Morgan fingerprint density at radius 1 is 0.946 bits per heavy atom. The van der Waals surface area contributed by atoms with Crippen molar-refractivity contribution in [3.63, 3.8) is 0 Å². The van der Waals surface area contributed by atoms with Gasteiger partial charge in [0.05, 0.1) is 18.8 Å². The molecule has 3 aliphatic rings. The van der Waals surface area contributed by atoms with Gasteiger partial charge in [0.15, 0.2) is 0 Å². The number of aryl methyl sites for hydroxylation is 1. The average molecular weight is 501 g/mol. The van der Waals surface area contributed by atoms with Gasteiger partial charge in [-0.05, 0) is 121 Å². The second-order valence-corrected chi connectivity index (χ2v) is 11.4. The van der Waals surface area contributed by atoms with Crippen molar-refractivity contribution in [2.24, 2.45) is 17.3 Å². The number of para-hydroxylation sites is 1. The zero-order valence-corrected chi connectivity index (χ0v) is 21.6. The maximum atomic E-state index is 12.3. The molecule has 0 amide bonds. The van der Waals surface area contributed by atoms with Crippen LogP contribution >= 0.6 is 0 Å². The van der Waals surface area contributed by atoms with Crippen molar-refractivity contribution in [1.29, 1.82) is 0 Å². The number of aliphatic hydroxyl groups excluding tert-OH is 1. The first-order chi connectivity index (χ1) is 17.8. The predicted octanol–water partition coefficient (Wildman–Crippen LogP) is 5.89. The molecule has 194 valence electrons. The molecule has 0 heterocycles. The molecule has 2 fully saturated rings. The minimum atomic E-state index is -1.82. The summed E-state index contributed by atoms with van der Waals surface area (Å²) in [5.41, 5.74) is 3.62. The molecule has 5 heteroatoms. The van der Waals surface area contributed by atoms with Crippen molar-refractivity contribution in [3.8, 4) is 17.2 Å². The Kier molecular flexibility index (Phi) is 5.96. The number of aliphatic hydroxyl groups is 2. The molecule has 0 aromatic heterocycles. The molecule has 0 saturated heterocycles. The molecule has 37 heavy (non-hydrogen) atoms. The number of hydrogen-bond donors (Lipinski definition) is 3. The van der Waals surface area contributed by atoms with Gasteiger partial charge in [-0.1, -0.05) is 25.1 Å². The molecule has 1 unspecified atom stereocenters. The Labute approximate surface area is 218 Å². The van der Waals surface area contributed by atoms with E-state index in [9.17, 15) is 15.3 Å². The molecule has 0 aliphatic heterocycles. The van der Waals surface area contributed by atoms with E-state index in [1.165, 1.54) is 11.1 Å². The number of rotatable bonds is 5. The third-order valence-electron chi connectivity index (χ3n) is 9.63. The van der Waals surface area contributed by atoms with Crippen molar-refractivity contribution in [1.82, 2.24) is 0 Å². The molecular formula is C32H36O5. The van der Waals surface area contributed by atoms with Gasteiger partial charge in [-0.2, -0.15) is 0 Å². The first-order valence-corrected chi connectivity index (χ1v) is 13.5. The lowest BCUT2D eigenvalue weighted by Crippen LogP contribution is -2.44. The van der Waals surface area contributed by atoms with Crippen LogP contribution in [0.1, 0.15) is 67.2 Å². The number of phenols is 1. The smallest absolute Gasteiger partial charge is 0.265 e. The Hall–Kier alpha value is -3.02. The molecule has 0 spiro atoms. The Morgan fingerprint density at radius 3 is 2.43 bits per heavy atom. The molecule has 6 rings (SSSR count). The van der Waals surface area contributed by atoms with Crippen LogP contribution in [0.5, 0.6) is 17.2 Å². The van der Waals surface area contributed by atoms with Crippen LogP contribution in [-0.2, 0) is 12.2 Å². The fourth-order valence-corrected chi connectivity index (χ4v) is 7.62. The summed E-state index contributed by atoms with van der Waals surface area (Å²) in [5, 5.41) is 33.0. The lowest BCUT2D eigenvalue weighted by Gasteiger charge is -2.50. The van der Waals surface area contributed by atoms with E-state index < -0.39 is 5.79 Å². The summed E-state index contributed by atoms with van der Waals surface area (Å²) in [6, 6.07) is 20.0. The summed E-state index contributed by atoms with van der Waals surface area (Å²) < 4.78 is 12.2. The van der Waals surface area contributed by atoms with E-state index in [1.807, 2.05) is 30.3 Å². The van der Waals surface area contributed by atoms with E-state index in [1.54, 1.807) is 31.4 Å². The Morgan fingerprint density at radius 2 is 1.70 bits per heavy atom. The molecule has 3 aliphatic carbocycles. The van der Waals surface area contributed by atoms with Gasteiger partial charge >= 0.3 is 0 Å². The Bertz CT molecular complexity index is 1270. The monoisotopic (exact) mass is 500 g/mol. The fraction of sp³-hybridized carbons (Fsp3) is 0.438. The molecular weight excluding hydrogens is 464 g/mol. The second kappa shape index (κ2) is 9.07. The maximum absolute atomic E-state index is 12.3. The molecule has 0 bridgehead atoms.